The van der Waals surface area contributed by atoms with Crippen molar-refractivity contribution < 1.29 is 24.2 Å². The van der Waals surface area contributed by atoms with E-state index in [1.807, 2.05) is 36.4 Å². The van der Waals surface area contributed by atoms with E-state index in [2.05, 4.69) is 9.97 Å². The van der Waals surface area contributed by atoms with E-state index >= 15 is 0 Å². The Morgan fingerprint density at radius 2 is 1.77 bits per heavy atom. The van der Waals surface area contributed by atoms with Crippen LogP contribution < -0.4 is 9.47 Å². The van der Waals surface area contributed by atoms with Crippen LogP contribution in [0.2, 0.25) is 0 Å². The Hall–Kier alpha value is -3.36. The molecule has 0 bridgehead atoms. The van der Waals surface area contributed by atoms with Gasteiger partial charge in [-0.1, -0.05) is 18.2 Å². The van der Waals surface area contributed by atoms with Crippen molar-refractivity contribution in [1.82, 2.24) is 14.7 Å². The molecule has 0 spiro atoms. The lowest BCUT2D eigenvalue weighted by Gasteiger charge is -2.13. The molecule has 0 aliphatic carbocycles. The average molecular weight is 409 g/mol. The standard InChI is InChI=1S/C22H23N3O5/c1-27-7-8-29-9-10-30-21-12-18-16(11-20(21)28-2)22(24-14-23-18)17-13-25(26)19-6-4-3-5-15(17)19/h3-6,11-14,26H,7-10H2,1-2H3. The molecule has 4 aromatic rings. The summed E-state index contributed by atoms with van der Waals surface area (Å²) in [4.78, 5) is 8.88. The number of hydrogen-bond acceptors (Lipinski definition) is 7. The minimum Gasteiger partial charge on any atom is -0.493 e. The first kappa shape index (κ1) is 19.9. The molecule has 0 aliphatic rings. The van der Waals surface area contributed by atoms with Gasteiger partial charge in [-0.25, -0.2) is 9.97 Å². The number of ether oxygens (including phenoxy) is 4. The van der Waals surface area contributed by atoms with E-state index in [1.54, 1.807) is 20.4 Å². The minimum absolute atomic E-state index is 0.377. The predicted molar refractivity (Wildman–Crippen MR) is 112 cm³/mol. The first-order chi connectivity index (χ1) is 14.7. The fourth-order valence-electron chi connectivity index (χ4n) is 3.36. The zero-order valence-corrected chi connectivity index (χ0v) is 16.9. The van der Waals surface area contributed by atoms with Gasteiger partial charge in [-0.3, -0.25) is 0 Å². The van der Waals surface area contributed by atoms with Gasteiger partial charge in [-0.2, -0.15) is 4.73 Å². The highest BCUT2D eigenvalue weighted by Gasteiger charge is 2.16. The average Bonchev–Trinajstić information content (AvgIpc) is 3.11. The van der Waals surface area contributed by atoms with Crippen molar-refractivity contribution in [1.29, 1.82) is 0 Å². The summed E-state index contributed by atoms with van der Waals surface area (Å²) in [6.07, 6.45) is 3.16. The zero-order valence-electron chi connectivity index (χ0n) is 16.9. The Morgan fingerprint density at radius 1 is 0.933 bits per heavy atom. The molecule has 0 saturated heterocycles. The maximum absolute atomic E-state index is 10.3. The fourth-order valence-corrected chi connectivity index (χ4v) is 3.36. The normalized spacial score (nSPS) is 11.3. The van der Waals surface area contributed by atoms with Crippen LogP contribution in [0.1, 0.15) is 0 Å². The molecule has 1 N–H and O–H groups in total. The molecule has 30 heavy (non-hydrogen) atoms. The lowest BCUT2D eigenvalue weighted by Crippen LogP contribution is -2.10. The fraction of sp³-hybridized carbons (Fsp3) is 0.273. The first-order valence-corrected chi connectivity index (χ1v) is 9.55. The maximum Gasteiger partial charge on any atom is 0.163 e. The van der Waals surface area contributed by atoms with Gasteiger partial charge in [-0.05, 0) is 12.1 Å². The van der Waals surface area contributed by atoms with Crippen LogP contribution in [0.4, 0.5) is 0 Å². The summed E-state index contributed by atoms with van der Waals surface area (Å²) in [6, 6.07) is 11.3. The van der Waals surface area contributed by atoms with Crippen molar-refractivity contribution in [3.8, 4) is 22.8 Å². The Balaban J connectivity index is 1.68. The second-order valence-electron chi connectivity index (χ2n) is 6.60. The number of hydrogen-bond donors (Lipinski definition) is 1. The number of benzene rings is 2. The molecule has 2 heterocycles. The van der Waals surface area contributed by atoms with Gasteiger partial charge in [0.2, 0.25) is 0 Å². The molecule has 2 aromatic heterocycles. The first-order valence-electron chi connectivity index (χ1n) is 9.55. The van der Waals surface area contributed by atoms with Gasteiger partial charge in [0.25, 0.3) is 0 Å². The summed E-state index contributed by atoms with van der Waals surface area (Å²) in [5.41, 5.74) is 2.94. The highest BCUT2D eigenvalue weighted by molar-refractivity contribution is 6.03. The summed E-state index contributed by atoms with van der Waals surface area (Å²) in [7, 11) is 3.22. The highest BCUT2D eigenvalue weighted by atomic mass is 16.5. The topological polar surface area (TPSA) is 87.9 Å². The molecular weight excluding hydrogens is 386 g/mol. The van der Waals surface area contributed by atoms with Crippen molar-refractivity contribution >= 4 is 21.8 Å². The van der Waals surface area contributed by atoms with Crippen LogP contribution in [0, 0.1) is 0 Å². The van der Waals surface area contributed by atoms with E-state index in [0.29, 0.717) is 54.7 Å². The van der Waals surface area contributed by atoms with Crippen LogP contribution in [0.15, 0.2) is 48.9 Å². The number of nitrogens with zero attached hydrogens (tertiary/aromatic N) is 3. The number of aromatic nitrogens is 3. The second kappa shape index (κ2) is 8.98. The summed E-state index contributed by atoms with van der Waals surface area (Å²) in [6.45, 7) is 1.88. The molecule has 0 saturated carbocycles. The third-order valence-electron chi connectivity index (χ3n) is 4.79. The monoisotopic (exact) mass is 409 g/mol. The molecule has 0 unspecified atom stereocenters. The van der Waals surface area contributed by atoms with Crippen molar-refractivity contribution in [3.63, 3.8) is 0 Å². The van der Waals surface area contributed by atoms with Crippen LogP contribution in [-0.2, 0) is 9.47 Å². The minimum atomic E-state index is 0.377. The predicted octanol–water partition coefficient (Wildman–Crippen LogP) is 3.54. The number of fused-ring (bicyclic) bond motifs is 2. The van der Waals surface area contributed by atoms with E-state index < -0.39 is 0 Å². The number of para-hydroxylation sites is 1. The highest BCUT2D eigenvalue weighted by Crippen LogP contribution is 2.37. The molecule has 156 valence electrons. The van der Waals surface area contributed by atoms with Crippen molar-refractivity contribution in [2.75, 3.05) is 40.6 Å². The summed E-state index contributed by atoms with van der Waals surface area (Å²) in [5.74, 6) is 1.15. The summed E-state index contributed by atoms with van der Waals surface area (Å²) in [5, 5.41) is 11.9. The van der Waals surface area contributed by atoms with Gasteiger partial charge >= 0.3 is 0 Å². The molecule has 0 fully saturated rings. The Labute approximate surface area is 173 Å². The van der Waals surface area contributed by atoms with Gasteiger partial charge in [0, 0.05) is 29.5 Å². The molecule has 8 heteroatoms. The largest absolute Gasteiger partial charge is 0.493 e. The van der Waals surface area contributed by atoms with Gasteiger partial charge in [0.1, 0.15) is 12.9 Å². The van der Waals surface area contributed by atoms with Crippen molar-refractivity contribution in [2.45, 2.75) is 0 Å². The third kappa shape index (κ3) is 3.87. The van der Waals surface area contributed by atoms with Gasteiger partial charge in [-0.15, -0.1) is 0 Å². The van der Waals surface area contributed by atoms with E-state index in [0.717, 1.165) is 21.1 Å². The van der Waals surface area contributed by atoms with E-state index in [-0.39, 0.29) is 0 Å². The maximum atomic E-state index is 10.3. The van der Waals surface area contributed by atoms with Crippen molar-refractivity contribution in [2.24, 2.45) is 0 Å². The van der Waals surface area contributed by atoms with Crippen LogP contribution in [0.5, 0.6) is 11.5 Å². The number of rotatable bonds is 9. The van der Waals surface area contributed by atoms with Gasteiger partial charge in [0.05, 0.1) is 49.9 Å². The Bertz CT molecular complexity index is 1160. The molecular formula is C22H23N3O5. The van der Waals surface area contributed by atoms with Crippen LogP contribution in [0.25, 0.3) is 33.1 Å². The summed E-state index contributed by atoms with van der Waals surface area (Å²) >= 11 is 0. The van der Waals surface area contributed by atoms with Crippen molar-refractivity contribution in [3.05, 3.63) is 48.9 Å². The van der Waals surface area contributed by atoms with E-state index in [9.17, 15) is 5.21 Å². The van der Waals surface area contributed by atoms with Gasteiger partial charge in [0.15, 0.2) is 11.5 Å². The molecule has 0 aliphatic heterocycles. The van der Waals surface area contributed by atoms with E-state index in [1.165, 1.54) is 6.33 Å². The van der Waals surface area contributed by atoms with Crippen LogP contribution in [0.3, 0.4) is 0 Å². The SMILES string of the molecule is COCCOCCOc1cc2ncnc(-c3cn(O)c4ccccc34)c2cc1OC. The molecule has 0 radical (unpaired) electrons. The molecule has 0 amide bonds. The quantitative estimate of drug-likeness (QED) is 0.334. The lowest BCUT2D eigenvalue weighted by molar-refractivity contribution is 0.0540. The zero-order chi connectivity index (χ0) is 20.9. The lowest BCUT2D eigenvalue weighted by atomic mass is 10.1. The Kier molecular flexibility index (Phi) is 5.97. The molecule has 4 rings (SSSR count). The van der Waals surface area contributed by atoms with Crippen LogP contribution >= 0.6 is 0 Å². The molecule has 8 nitrogen and oxygen atoms in total. The Morgan fingerprint density at radius 3 is 2.60 bits per heavy atom. The van der Waals surface area contributed by atoms with Gasteiger partial charge < -0.3 is 24.2 Å². The number of methoxy groups -OCH3 is 2. The third-order valence-corrected chi connectivity index (χ3v) is 4.79. The molecule has 0 atom stereocenters. The van der Waals surface area contributed by atoms with E-state index in [4.69, 9.17) is 18.9 Å². The molecule has 2 aromatic carbocycles. The van der Waals surface area contributed by atoms with Crippen LogP contribution in [-0.4, -0.2) is 60.6 Å². The second-order valence-corrected chi connectivity index (χ2v) is 6.60. The smallest absolute Gasteiger partial charge is 0.163 e. The summed E-state index contributed by atoms with van der Waals surface area (Å²) < 4.78 is 22.9.